The van der Waals surface area contributed by atoms with Crippen LogP contribution in [0, 0.1) is 0 Å². The normalized spacial score (nSPS) is 12.9. The van der Waals surface area contributed by atoms with Crippen LogP contribution in [0.3, 0.4) is 0 Å². The highest BCUT2D eigenvalue weighted by atomic mass is 28.4. The Morgan fingerprint density at radius 2 is 1.36 bits per heavy atom. The maximum absolute atomic E-state index is 12.9. The number of unbranched alkanes of at least 4 members (excludes halogenated alkanes) is 1. The van der Waals surface area contributed by atoms with Gasteiger partial charge >= 0.3 is 15.1 Å². The van der Waals surface area contributed by atoms with Crippen molar-refractivity contribution in [3.8, 4) is 0 Å². The lowest BCUT2D eigenvalue weighted by Crippen LogP contribution is -2.64. The number of amides is 1. The Bertz CT molecular complexity index is 322. The van der Waals surface area contributed by atoms with Crippen LogP contribution in [0.15, 0.2) is 0 Å². The highest BCUT2D eigenvalue weighted by Crippen LogP contribution is 2.21. The maximum Gasteiger partial charge on any atom is 0.638 e. The fourth-order valence-corrected chi connectivity index (χ4v) is 4.84. The van der Waals surface area contributed by atoms with Crippen molar-refractivity contribution in [1.29, 1.82) is 0 Å². The molecule has 0 bridgehead atoms. The fraction of sp³-hybridized carbons (Fsp3) is 0.944. The maximum atomic E-state index is 12.9. The van der Waals surface area contributed by atoms with Crippen LogP contribution < -0.4 is 0 Å². The third-order valence-corrected chi connectivity index (χ3v) is 6.40. The van der Waals surface area contributed by atoms with E-state index in [4.69, 9.17) is 18.0 Å². The number of nitrogens with zero attached hydrogens (tertiary/aromatic N) is 1. The van der Waals surface area contributed by atoms with Gasteiger partial charge in [0.1, 0.15) is 6.10 Å². The van der Waals surface area contributed by atoms with Crippen LogP contribution in [0.1, 0.15) is 80.1 Å². The van der Waals surface area contributed by atoms with E-state index in [0.717, 1.165) is 38.5 Å². The lowest BCUT2D eigenvalue weighted by atomic mass is 10.3. The smallest absolute Gasteiger partial charge is 0.447 e. The zero-order valence-electron chi connectivity index (χ0n) is 17.1. The lowest BCUT2D eigenvalue weighted by Gasteiger charge is -2.37. The highest BCUT2D eigenvalue weighted by molar-refractivity contribution is 6.60. The van der Waals surface area contributed by atoms with E-state index in [-0.39, 0.29) is 6.10 Å². The Hall–Kier alpha value is -0.633. The predicted molar refractivity (Wildman–Crippen MR) is 102 cm³/mol. The number of rotatable bonds is 15. The Kier molecular flexibility index (Phi) is 14.2. The van der Waals surface area contributed by atoms with E-state index in [1.54, 1.807) is 4.57 Å². The summed E-state index contributed by atoms with van der Waals surface area (Å²) in [6.45, 7) is 14.1. The summed E-state index contributed by atoms with van der Waals surface area (Å²) in [6.07, 6.45) is 4.55. The molecular weight excluding hydrogens is 338 g/mol. The Morgan fingerprint density at radius 1 is 0.880 bits per heavy atom. The summed E-state index contributed by atoms with van der Waals surface area (Å²) in [5.74, 6) is 0. The molecular formula is C18H39NO5Si. The molecule has 7 heteroatoms. The number of hydrogen-bond donors (Lipinski definition) is 0. The van der Waals surface area contributed by atoms with Gasteiger partial charge in [-0.25, -0.2) is 4.79 Å². The van der Waals surface area contributed by atoms with Crippen LogP contribution >= 0.6 is 0 Å². The van der Waals surface area contributed by atoms with Crippen molar-refractivity contribution < 1.29 is 22.8 Å². The Labute approximate surface area is 155 Å². The Balaban J connectivity index is 5.57. The second-order valence-electron chi connectivity index (χ2n) is 6.18. The second kappa shape index (κ2) is 14.5. The minimum absolute atomic E-state index is 0.146. The van der Waals surface area contributed by atoms with Crippen LogP contribution in [0.2, 0.25) is 0 Å². The third kappa shape index (κ3) is 9.03. The van der Waals surface area contributed by atoms with Gasteiger partial charge in [-0.2, -0.15) is 0 Å². The summed E-state index contributed by atoms with van der Waals surface area (Å²) in [5, 5.41) is 0. The molecule has 150 valence electrons. The molecule has 0 aliphatic heterocycles. The molecule has 0 heterocycles. The van der Waals surface area contributed by atoms with Gasteiger partial charge in [0.2, 0.25) is 0 Å². The lowest BCUT2D eigenvalue weighted by molar-refractivity contribution is -0.000793. The number of hydrogen-bond acceptors (Lipinski definition) is 5. The molecule has 0 saturated carbocycles. The minimum Gasteiger partial charge on any atom is -0.447 e. The summed E-state index contributed by atoms with van der Waals surface area (Å²) in [5.41, 5.74) is 0. The van der Waals surface area contributed by atoms with Gasteiger partial charge in [0, 0.05) is 26.4 Å². The predicted octanol–water partition coefficient (Wildman–Crippen LogP) is 4.74. The first kappa shape index (κ1) is 24.4. The summed E-state index contributed by atoms with van der Waals surface area (Å²) in [6, 6.07) is 0. The fourth-order valence-electron chi connectivity index (χ4n) is 2.03. The molecule has 0 radical (unpaired) electrons. The molecule has 0 saturated heterocycles. The van der Waals surface area contributed by atoms with Gasteiger partial charge in [-0.15, -0.1) is 0 Å². The molecule has 25 heavy (non-hydrogen) atoms. The highest BCUT2D eigenvalue weighted by Gasteiger charge is 2.53. The van der Waals surface area contributed by atoms with E-state index < -0.39 is 15.1 Å². The van der Waals surface area contributed by atoms with Gasteiger partial charge in [0.15, 0.2) is 0 Å². The van der Waals surface area contributed by atoms with Crippen molar-refractivity contribution in [3.05, 3.63) is 0 Å². The minimum atomic E-state index is -3.31. The van der Waals surface area contributed by atoms with E-state index >= 15 is 0 Å². The molecule has 1 unspecified atom stereocenters. The van der Waals surface area contributed by atoms with E-state index in [9.17, 15) is 4.79 Å². The van der Waals surface area contributed by atoms with E-state index in [2.05, 4.69) is 6.92 Å². The standard InChI is InChI=1S/C18H39NO5Si/c1-7-12-13-19(18(20)24-17(6)11-5)25(21-14-8-2,22-15-9-3)23-16-10-4/h17H,7-16H2,1-6H3. The molecule has 0 aliphatic rings. The first-order valence-corrected chi connectivity index (χ1v) is 11.6. The first-order valence-electron chi connectivity index (χ1n) is 9.91. The van der Waals surface area contributed by atoms with Crippen molar-refractivity contribution in [1.82, 2.24) is 4.57 Å². The molecule has 0 aromatic heterocycles. The van der Waals surface area contributed by atoms with Crippen molar-refractivity contribution in [2.24, 2.45) is 0 Å². The first-order chi connectivity index (χ1) is 12.0. The molecule has 6 nitrogen and oxygen atoms in total. The van der Waals surface area contributed by atoms with E-state index in [1.165, 1.54) is 0 Å². The van der Waals surface area contributed by atoms with Crippen LogP contribution in [0.25, 0.3) is 0 Å². The van der Waals surface area contributed by atoms with Crippen LogP contribution in [-0.2, 0) is 18.0 Å². The van der Waals surface area contributed by atoms with E-state index in [0.29, 0.717) is 26.4 Å². The van der Waals surface area contributed by atoms with Crippen LogP contribution in [0.4, 0.5) is 4.79 Å². The summed E-state index contributed by atoms with van der Waals surface area (Å²) in [4.78, 5) is 12.9. The summed E-state index contributed by atoms with van der Waals surface area (Å²) >= 11 is 0. The van der Waals surface area contributed by atoms with Gasteiger partial charge in [-0.05, 0) is 39.0 Å². The molecule has 0 fully saturated rings. The van der Waals surface area contributed by atoms with Gasteiger partial charge in [0.25, 0.3) is 0 Å². The Morgan fingerprint density at radius 3 is 1.72 bits per heavy atom. The third-order valence-electron chi connectivity index (χ3n) is 3.63. The van der Waals surface area contributed by atoms with Gasteiger partial charge in [-0.1, -0.05) is 41.0 Å². The van der Waals surface area contributed by atoms with Crippen molar-refractivity contribution in [3.63, 3.8) is 0 Å². The average Bonchev–Trinajstić information content (AvgIpc) is 2.62. The second-order valence-corrected chi connectivity index (χ2v) is 8.63. The number of carbonyl (C=O) groups excluding carboxylic acids is 1. The molecule has 0 rings (SSSR count). The number of carbonyl (C=O) groups is 1. The van der Waals surface area contributed by atoms with Gasteiger partial charge in [0.05, 0.1) is 0 Å². The SMILES string of the molecule is CCCCN(C(=O)OC(C)CC)[Si](OCCC)(OCCC)OCCC. The van der Waals surface area contributed by atoms with Crippen LogP contribution in [-0.4, -0.2) is 52.1 Å². The number of ether oxygens (including phenoxy) is 1. The zero-order valence-corrected chi connectivity index (χ0v) is 18.1. The zero-order chi connectivity index (χ0) is 19.1. The van der Waals surface area contributed by atoms with Crippen molar-refractivity contribution in [2.75, 3.05) is 26.4 Å². The molecule has 1 atom stereocenters. The topological polar surface area (TPSA) is 57.2 Å². The molecule has 0 spiro atoms. The molecule has 1 amide bonds. The summed E-state index contributed by atoms with van der Waals surface area (Å²) in [7, 11) is -3.31. The van der Waals surface area contributed by atoms with E-state index in [1.807, 2.05) is 34.6 Å². The largest absolute Gasteiger partial charge is 0.638 e. The van der Waals surface area contributed by atoms with Crippen molar-refractivity contribution >= 4 is 15.1 Å². The van der Waals surface area contributed by atoms with Gasteiger partial charge in [-0.3, -0.25) is 4.57 Å². The monoisotopic (exact) mass is 377 g/mol. The molecule has 0 aliphatic carbocycles. The van der Waals surface area contributed by atoms with Crippen molar-refractivity contribution in [2.45, 2.75) is 86.2 Å². The molecule has 0 aromatic rings. The molecule has 0 N–H and O–H groups in total. The van der Waals surface area contributed by atoms with Crippen LogP contribution in [0.5, 0.6) is 0 Å². The van der Waals surface area contributed by atoms with Gasteiger partial charge < -0.3 is 18.0 Å². The summed E-state index contributed by atoms with van der Waals surface area (Å²) < 4.78 is 25.5. The average molecular weight is 378 g/mol. The molecule has 0 aromatic carbocycles. The quantitative estimate of drug-likeness (QED) is 0.386.